The van der Waals surface area contributed by atoms with E-state index in [1.807, 2.05) is 0 Å². The minimum atomic E-state index is 0.366. The molecule has 54 valence electrons. The average Bonchev–Trinajstić information content (AvgIpc) is 2.61. The molecule has 1 saturated heterocycles. The molecule has 4 heteroatoms. The van der Waals surface area contributed by atoms with Gasteiger partial charge in [0.2, 0.25) is 0 Å². The molecule has 1 aliphatic rings. The van der Waals surface area contributed by atoms with Crippen LogP contribution in [0.5, 0.6) is 0 Å². The Kier molecular flexibility index (Phi) is 1.88. The molecule has 0 aliphatic carbocycles. The molecule has 2 heterocycles. The fourth-order valence-corrected chi connectivity index (χ4v) is 3.52. The molecule has 0 aromatic carbocycles. The van der Waals surface area contributed by atoms with E-state index in [0.29, 0.717) is 6.10 Å². The average molecular weight is 284 g/mol. The van der Waals surface area contributed by atoms with E-state index in [0.717, 1.165) is 14.9 Å². The molecular weight excluding hydrogens is 280 g/mol. The predicted molar refractivity (Wildman–Crippen MR) is 48.4 cm³/mol. The Hall–Kier alpha value is 0.620. The molecule has 1 aromatic heterocycles. The van der Waals surface area contributed by atoms with Crippen molar-refractivity contribution in [3.8, 4) is 0 Å². The second kappa shape index (κ2) is 2.59. The molecule has 1 atom stereocenters. The van der Waals surface area contributed by atoms with Crippen molar-refractivity contribution in [1.82, 2.24) is 0 Å². The third kappa shape index (κ3) is 1.30. The van der Waals surface area contributed by atoms with E-state index >= 15 is 0 Å². The van der Waals surface area contributed by atoms with Gasteiger partial charge in [0.15, 0.2) is 0 Å². The summed E-state index contributed by atoms with van der Waals surface area (Å²) in [7, 11) is 0. The fourth-order valence-electron chi connectivity index (χ4n) is 0.773. The molecule has 0 radical (unpaired) electrons. The monoisotopic (exact) mass is 282 g/mol. The van der Waals surface area contributed by atoms with Gasteiger partial charge in [-0.3, -0.25) is 0 Å². The molecule has 0 unspecified atom stereocenters. The lowest BCUT2D eigenvalue weighted by molar-refractivity contribution is 0.418. The van der Waals surface area contributed by atoms with Crippen molar-refractivity contribution in [2.24, 2.45) is 0 Å². The number of rotatable bonds is 1. The van der Waals surface area contributed by atoms with Crippen LogP contribution in [-0.4, -0.2) is 6.61 Å². The van der Waals surface area contributed by atoms with Gasteiger partial charge in [-0.1, -0.05) is 0 Å². The van der Waals surface area contributed by atoms with Crippen LogP contribution in [0.4, 0.5) is 0 Å². The third-order valence-corrected chi connectivity index (χ3v) is 3.96. The zero-order valence-electron chi connectivity index (χ0n) is 4.93. The lowest BCUT2D eigenvalue weighted by Crippen LogP contribution is -1.70. The second-order valence-electron chi connectivity index (χ2n) is 2.08. The van der Waals surface area contributed by atoms with Crippen molar-refractivity contribution in [2.45, 2.75) is 6.10 Å². The molecule has 1 aromatic rings. The summed E-state index contributed by atoms with van der Waals surface area (Å²) in [5.41, 5.74) is 0. The summed E-state index contributed by atoms with van der Waals surface area (Å²) < 4.78 is 7.46. The number of thiophene rings is 1. The van der Waals surface area contributed by atoms with Gasteiger partial charge in [-0.2, -0.15) is 0 Å². The van der Waals surface area contributed by atoms with E-state index in [2.05, 4.69) is 37.9 Å². The Balaban J connectivity index is 2.38. The van der Waals surface area contributed by atoms with Crippen LogP contribution in [0.2, 0.25) is 0 Å². The molecule has 0 saturated carbocycles. The second-order valence-corrected chi connectivity index (χ2v) is 5.40. The highest BCUT2D eigenvalue weighted by Gasteiger charge is 2.28. The van der Waals surface area contributed by atoms with Crippen LogP contribution in [0.25, 0.3) is 0 Å². The largest absolute Gasteiger partial charge is 0.367 e. The van der Waals surface area contributed by atoms with Gasteiger partial charge in [0, 0.05) is 4.47 Å². The maximum absolute atomic E-state index is 5.15. The molecule has 0 spiro atoms. The summed E-state index contributed by atoms with van der Waals surface area (Å²) in [6, 6.07) is 2.06. The summed E-state index contributed by atoms with van der Waals surface area (Å²) in [6.07, 6.45) is 0.366. The van der Waals surface area contributed by atoms with Crippen molar-refractivity contribution < 1.29 is 4.74 Å². The van der Waals surface area contributed by atoms with E-state index in [-0.39, 0.29) is 0 Å². The summed E-state index contributed by atoms with van der Waals surface area (Å²) in [6.45, 7) is 0.881. The van der Waals surface area contributed by atoms with Gasteiger partial charge in [-0.05, 0) is 37.9 Å². The van der Waals surface area contributed by atoms with Crippen LogP contribution in [-0.2, 0) is 4.74 Å². The molecule has 0 amide bonds. The third-order valence-electron chi connectivity index (χ3n) is 1.31. The van der Waals surface area contributed by atoms with Gasteiger partial charge in [0.1, 0.15) is 6.10 Å². The van der Waals surface area contributed by atoms with E-state index < -0.39 is 0 Å². The topological polar surface area (TPSA) is 12.5 Å². The summed E-state index contributed by atoms with van der Waals surface area (Å²) in [5.74, 6) is 0. The molecule has 1 nitrogen and oxygen atoms in total. The van der Waals surface area contributed by atoms with E-state index in [4.69, 9.17) is 4.74 Å². The first kappa shape index (κ1) is 7.28. The van der Waals surface area contributed by atoms with Crippen molar-refractivity contribution in [2.75, 3.05) is 6.61 Å². The first-order valence-electron chi connectivity index (χ1n) is 2.83. The van der Waals surface area contributed by atoms with Crippen LogP contribution in [0.15, 0.2) is 14.3 Å². The molecule has 1 aliphatic heterocycles. The molecule has 1 fully saturated rings. The summed E-state index contributed by atoms with van der Waals surface area (Å²) >= 11 is 8.60. The molecule has 0 N–H and O–H groups in total. The Morgan fingerprint density at radius 3 is 2.70 bits per heavy atom. The highest BCUT2D eigenvalue weighted by atomic mass is 79.9. The Bertz CT molecular complexity index is 254. The Morgan fingerprint density at radius 1 is 1.60 bits per heavy atom. The van der Waals surface area contributed by atoms with Crippen molar-refractivity contribution in [1.29, 1.82) is 0 Å². The molecular formula is C6H4Br2OS. The van der Waals surface area contributed by atoms with Crippen LogP contribution in [0.3, 0.4) is 0 Å². The maximum Gasteiger partial charge on any atom is 0.116 e. The van der Waals surface area contributed by atoms with Crippen LogP contribution < -0.4 is 0 Å². The van der Waals surface area contributed by atoms with Gasteiger partial charge in [-0.15, -0.1) is 11.3 Å². The first-order valence-corrected chi connectivity index (χ1v) is 5.24. The lowest BCUT2D eigenvalue weighted by Gasteiger charge is -1.85. The van der Waals surface area contributed by atoms with Crippen LogP contribution >= 0.6 is 43.2 Å². The van der Waals surface area contributed by atoms with E-state index in [1.165, 1.54) is 4.88 Å². The van der Waals surface area contributed by atoms with Crippen LogP contribution in [0, 0.1) is 0 Å². The Morgan fingerprint density at radius 2 is 2.30 bits per heavy atom. The minimum absolute atomic E-state index is 0.366. The molecule has 2 rings (SSSR count). The van der Waals surface area contributed by atoms with Crippen LogP contribution in [0.1, 0.15) is 11.0 Å². The van der Waals surface area contributed by atoms with Crippen molar-refractivity contribution in [3.05, 3.63) is 19.2 Å². The fraction of sp³-hybridized carbons (Fsp3) is 0.333. The van der Waals surface area contributed by atoms with Crippen molar-refractivity contribution >= 4 is 43.2 Å². The lowest BCUT2D eigenvalue weighted by atomic mass is 10.4. The quantitative estimate of drug-likeness (QED) is 0.720. The zero-order chi connectivity index (χ0) is 7.14. The predicted octanol–water partition coefficient (Wildman–Crippen LogP) is 3.34. The van der Waals surface area contributed by atoms with Gasteiger partial charge < -0.3 is 4.74 Å². The number of ether oxygens (including phenoxy) is 1. The number of epoxide rings is 1. The number of hydrogen-bond donors (Lipinski definition) is 0. The Labute approximate surface area is 79.6 Å². The minimum Gasteiger partial charge on any atom is -0.367 e. The van der Waals surface area contributed by atoms with E-state index in [1.54, 1.807) is 11.3 Å². The number of hydrogen-bond acceptors (Lipinski definition) is 2. The van der Waals surface area contributed by atoms with Gasteiger partial charge >= 0.3 is 0 Å². The van der Waals surface area contributed by atoms with Crippen molar-refractivity contribution in [3.63, 3.8) is 0 Å². The molecule has 10 heavy (non-hydrogen) atoms. The smallest absolute Gasteiger partial charge is 0.116 e. The van der Waals surface area contributed by atoms with Gasteiger partial charge in [0.05, 0.1) is 15.3 Å². The summed E-state index contributed by atoms with van der Waals surface area (Å²) in [4.78, 5) is 1.30. The highest BCUT2D eigenvalue weighted by Crippen LogP contribution is 2.42. The number of halogens is 2. The highest BCUT2D eigenvalue weighted by molar-refractivity contribution is 9.11. The normalized spacial score (nSPS) is 23.2. The molecule has 0 bridgehead atoms. The first-order chi connectivity index (χ1) is 4.77. The summed E-state index contributed by atoms with van der Waals surface area (Å²) in [5, 5.41) is 0. The van der Waals surface area contributed by atoms with Gasteiger partial charge in [-0.25, -0.2) is 0 Å². The SMILES string of the molecule is Brc1cc(Br)c([C@H]2CO2)s1. The zero-order valence-corrected chi connectivity index (χ0v) is 8.92. The standard InChI is InChI=1S/C6H4Br2OS/c7-3-1-5(8)10-6(3)4-2-9-4/h1,4H,2H2/t4-/m1/s1. The maximum atomic E-state index is 5.15. The van der Waals surface area contributed by atoms with Gasteiger partial charge in [0.25, 0.3) is 0 Å². The van der Waals surface area contributed by atoms with E-state index in [9.17, 15) is 0 Å².